The fraction of sp³-hybridized carbons (Fsp3) is 0.188. The summed E-state index contributed by atoms with van der Waals surface area (Å²) in [5, 5.41) is 10.9. The number of fused-ring (bicyclic) bond motifs is 1. The maximum absolute atomic E-state index is 13.1. The molecule has 2 aromatic rings. The van der Waals surface area contributed by atoms with Gasteiger partial charge in [-0.2, -0.15) is 0 Å². The highest BCUT2D eigenvalue weighted by Gasteiger charge is 2.30. The molecule has 5 nitrogen and oxygen atoms in total. The summed E-state index contributed by atoms with van der Waals surface area (Å²) in [6.07, 6.45) is 0. The van der Waals surface area contributed by atoms with Crippen LogP contribution in [0.4, 0.5) is 10.1 Å². The van der Waals surface area contributed by atoms with Gasteiger partial charge in [0.1, 0.15) is 11.6 Å². The molecule has 0 spiro atoms. The first-order chi connectivity index (χ1) is 10.4. The van der Waals surface area contributed by atoms with Gasteiger partial charge in [0.25, 0.3) is 5.69 Å². The molecule has 0 saturated heterocycles. The lowest BCUT2D eigenvalue weighted by atomic mass is 9.98. The third kappa shape index (κ3) is 2.55. The highest BCUT2D eigenvalue weighted by molar-refractivity contribution is 6.15. The predicted octanol–water partition coefficient (Wildman–Crippen LogP) is 3.70. The Hall–Kier alpha value is -2.76. The zero-order valence-electron chi connectivity index (χ0n) is 12.0. The molecule has 6 heteroatoms. The van der Waals surface area contributed by atoms with Crippen molar-refractivity contribution in [3.05, 3.63) is 69.5 Å². The maximum Gasteiger partial charge on any atom is 0.273 e. The van der Waals surface area contributed by atoms with E-state index in [1.54, 1.807) is 32.0 Å². The van der Waals surface area contributed by atoms with Crippen LogP contribution in [-0.4, -0.2) is 16.4 Å². The quantitative estimate of drug-likeness (QED) is 0.627. The Kier molecular flexibility index (Phi) is 3.16. The van der Waals surface area contributed by atoms with Crippen LogP contribution in [0.25, 0.3) is 0 Å². The third-order valence-electron chi connectivity index (χ3n) is 3.29. The summed E-state index contributed by atoms with van der Waals surface area (Å²) in [5.74, 6) is 0.0631. The average Bonchev–Trinajstić information content (AvgIpc) is 2.45. The SMILES string of the molecule is CC1(C)N=C(c2ccc(F)cc2)c2ccc([N+](=O)[O-])cc2O1. The molecule has 0 atom stereocenters. The zero-order chi connectivity index (χ0) is 15.9. The summed E-state index contributed by atoms with van der Waals surface area (Å²) in [6.45, 7) is 3.52. The zero-order valence-corrected chi connectivity index (χ0v) is 12.0. The average molecular weight is 300 g/mol. The summed E-state index contributed by atoms with van der Waals surface area (Å²) < 4.78 is 18.8. The second kappa shape index (κ2) is 4.91. The number of nitro benzene ring substituents is 1. The van der Waals surface area contributed by atoms with Gasteiger partial charge in [0, 0.05) is 17.2 Å². The van der Waals surface area contributed by atoms with Crippen LogP contribution in [0.1, 0.15) is 25.0 Å². The molecule has 22 heavy (non-hydrogen) atoms. The molecule has 0 amide bonds. The number of nitrogens with zero attached hydrogens (tertiary/aromatic N) is 2. The molecule has 0 aliphatic carbocycles. The van der Waals surface area contributed by atoms with E-state index in [4.69, 9.17) is 4.74 Å². The number of aliphatic imine (C=N–C) groups is 1. The molecular weight excluding hydrogens is 287 g/mol. The van der Waals surface area contributed by atoms with Crippen molar-refractivity contribution in [3.63, 3.8) is 0 Å². The molecule has 112 valence electrons. The van der Waals surface area contributed by atoms with Crippen molar-refractivity contribution in [1.29, 1.82) is 0 Å². The molecule has 0 bridgehead atoms. The standard InChI is InChI=1S/C16H13FN2O3/c1-16(2)18-15(10-3-5-11(17)6-4-10)13-8-7-12(19(20)21)9-14(13)22-16/h3-9H,1-2H3. The number of rotatable bonds is 2. The van der Waals surface area contributed by atoms with E-state index in [9.17, 15) is 14.5 Å². The monoisotopic (exact) mass is 300 g/mol. The van der Waals surface area contributed by atoms with E-state index in [1.165, 1.54) is 24.3 Å². The van der Waals surface area contributed by atoms with E-state index in [0.29, 0.717) is 17.0 Å². The number of non-ortho nitro benzene ring substituents is 1. The van der Waals surface area contributed by atoms with E-state index in [0.717, 1.165) is 5.56 Å². The topological polar surface area (TPSA) is 64.7 Å². The Morgan fingerprint density at radius 3 is 2.50 bits per heavy atom. The van der Waals surface area contributed by atoms with E-state index in [1.807, 2.05) is 0 Å². The Balaban J connectivity index is 2.16. The molecule has 1 aliphatic heterocycles. The van der Waals surface area contributed by atoms with Gasteiger partial charge in [-0.1, -0.05) is 0 Å². The van der Waals surface area contributed by atoms with Crippen molar-refractivity contribution < 1.29 is 14.1 Å². The minimum Gasteiger partial charge on any atom is -0.466 e. The number of hydrogen-bond acceptors (Lipinski definition) is 4. The molecule has 0 aromatic heterocycles. The van der Waals surface area contributed by atoms with Crippen LogP contribution in [0.3, 0.4) is 0 Å². The summed E-state index contributed by atoms with van der Waals surface area (Å²) >= 11 is 0. The van der Waals surface area contributed by atoms with Crippen LogP contribution in [0.5, 0.6) is 5.75 Å². The summed E-state index contributed by atoms with van der Waals surface area (Å²) in [4.78, 5) is 15.0. The van der Waals surface area contributed by atoms with Gasteiger partial charge in [0.15, 0.2) is 5.72 Å². The predicted molar refractivity (Wildman–Crippen MR) is 79.8 cm³/mol. The van der Waals surface area contributed by atoms with Gasteiger partial charge in [0.2, 0.25) is 0 Å². The van der Waals surface area contributed by atoms with Crippen molar-refractivity contribution in [2.24, 2.45) is 4.99 Å². The molecule has 0 saturated carbocycles. The van der Waals surface area contributed by atoms with Gasteiger partial charge >= 0.3 is 0 Å². The molecule has 1 aliphatic rings. The lowest BCUT2D eigenvalue weighted by Gasteiger charge is -2.30. The molecule has 0 fully saturated rings. The Labute approximate surface area is 126 Å². The number of halogens is 1. The van der Waals surface area contributed by atoms with Crippen LogP contribution < -0.4 is 4.74 Å². The highest BCUT2D eigenvalue weighted by atomic mass is 19.1. The first-order valence-corrected chi connectivity index (χ1v) is 6.69. The molecule has 1 heterocycles. The number of nitro groups is 1. The lowest BCUT2D eigenvalue weighted by Crippen LogP contribution is -2.32. The van der Waals surface area contributed by atoms with Gasteiger partial charge in [0.05, 0.1) is 16.7 Å². The van der Waals surface area contributed by atoms with Crippen LogP contribution in [0.2, 0.25) is 0 Å². The first-order valence-electron chi connectivity index (χ1n) is 6.69. The summed E-state index contributed by atoms with van der Waals surface area (Å²) in [5.41, 5.74) is 1.10. The van der Waals surface area contributed by atoms with Crippen LogP contribution in [0, 0.1) is 15.9 Å². The summed E-state index contributed by atoms with van der Waals surface area (Å²) in [6, 6.07) is 10.3. The van der Waals surface area contributed by atoms with Gasteiger partial charge in [-0.15, -0.1) is 0 Å². The second-order valence-electron chi connectivity index (χ2n) is 5.45. The molecular formula is C16H13FN2O3. The number of hydrogen-bond donors (Lipinski definition) is 0. The maximum atomic E-state index is 13.1. The Morgan fingerprint density at radius 2 is 1.86 bits per heavy atom. The van der Waals surface area contributed by atoms with Gasteiger partial charge in [-0.3, -0.25) is 10.1 Å². The van der Waals surface area contributed by atoms with Gasteiger partial charge in [-0.25, -0.2) is 9.38 Å². The van der Waals surface area contributed by atoms with Gasteiger partial charge in [-0.05, 0) is 44.2 Å². The number of benzene rings is 2. The van der Waals surface area contributed by atoms with Gasteiger partial charge < -0.3 is 4.74 Å². The first kappa shape index (κ1) is 14.2. The molecule has 0 N–H and O–H groups in total. The molecule has 0 unspecified atom stereocenters. The van der Waals surface area contributed by atoms with Crippen LogP contribution in [-0.2, 0) is 0 Å². The number of ether oxygens (including phenoxy) is 1. The summed E-state index contributed by atoms with van der Waals surface area (Å²) in [7, 11) is 0. The van der Waals surface area contributed by atoms with E-state index >= 15 is 0 Å². The van der Waals surface area contributed by atoms with Crippen LogP contribution in [0.15, 0.2) is 47.5 Å². The van der Waals surface area contributed by atoms with Crippen LogP contribution >= 0.6 is 0 Å². The molecule has 2 aromatic carbocycles. The van der Waals surface area contributed by atoms with E-state index < -0.39 is 10.6 Å². The molecule has 0 radical (unpaired) electrons. The third-order valence-corrected chi connectivity index (χ3v) is 3.29. The van der Waals surface area contributed by atoms with E-state index in [-0.39, 0.29) is 11.5 Å². The normalized spacial score (nSPS) is 15.5. The van der Waals surface area contributed by atoms with Crippen molar-refractivity contribution >= 4 is 11.4 Å². The van der Waals surface area contributed by atoms with Crippen molar-refractivity contribution in [1.82, 2.24) is 0 Å². The smallest absolute Gasteiger partial charge is 0.273 e. The molecule has 3 rings (SSSR count). The second-order valence-corrected chi connectivity index (χ2v) is 5.45. The Morgan fingerprint density at radius 1 is 1.18 bits per heavy atom. The fourth-order valence-corrected chi connectivity index (χ4v) is 2.35. The fourth-order valence-electron chi connectivity index (χ4n) is 2.35. The lowest BCUT2D eigenvalue weighted by molar-refractivity contribution is -0.385. The highest BCUT2D eigenvalue weighted by Crippen LogP contribution is 2.35. The van der Waals surface area contributed by atoms with E-state index in [2.05, 4.69) is 4.99 Å². The minimum absolute atomic E-state index is 0.0464. The Bertz CT molecular complexity index is 782. The minimum atomic E-state index is -0.855. The largest absolute Gasteiger partial charge is 0.466 e. The van der Waals surface area contributed by atoms with Crippen molar-refractivity contribution in [3.8, 4) is 5.75 Å². The van der Waals surface area contributed by atoms with Crippen molar-refractivity contribution in [2.45, 2.75) is 19.6 Å². The van der Waals surface area contributed by atoms with Crippen molar-refractivity contribution in [2.75, 3.05) is 0 Å².